The molecule has 5 heteroatoms. The Morgan fingerprint density at radius 2 is 1.83 bits per heavy atom. The fourth-order valence-electron chi connectivity index (χ4n) is 0.548. The molecule has 0 spiro atoms. The summed E-state index contributed by atoms with van der Waals surface area (Å²) in [5.41, 5.74) is 0. The van der Waals surface area contributed by atoms with Crippen LogP contribution in [0.2, 0.25) is 0 Å². The molecule has 2 N–H and O–H groups in total. The van der Waals surface area contributed by atoms with Crippen LogP contribution in [0, 0.1) is 0 Å². The summed E-state index contributed by atoms with van der Waals surface area (Å²) >= 11 is 5.32. The van der Waals surface area contributed by atoms with Crippen LogP contribution in [0.15, 0.2) is 0 Å². The van der Waals surface area contributed by atoms with E-state index in [-0.39, 0.29) is 19.1 Å². The molecule has 0 aromatic rings. The number of aliphatic hydroxyl groups is 2. The Labute approximate surface area is 77.0 Å². The third-order valence-electron chi connectivity index (χ3n) is 1.10. The Balaban J connectivity index is 2.90. The molecule has 1 atom stereocenters. The second kappa shape index (κ2) is 9.22. The van der Waals surface area contributed by atoms with Crippen molar-refractivity contribution in [3.8, 4) is 0 Å². The van der Waals surface area contributed by atoms with E-state index in [2.05, 4.69) is 0 Å². The summed E-state index contributed by atoms with van der Waals surface area (Å²) < 4.78 is 9.90. The third kappa shape index (κ3) is 8.23. The van der Waals surface area contributed by atoms with Crippen LogP contribution in [-0.2, 0) is 9.47 Å². The molecule has 0 bridgehead atoms. The average Bonchev–Trinajstić information content (AvgIpc) is 2.10. The minimum Gasteiger partial charge on any atom is -0.394 e. The van der Waals surface area contributed by atoms with E-state index in [1.807, 2.05) is 0 Å². The van der Waals surface area contributed by atoms with Crippen LogP contribution < -0.4 is 0 Å². The van der Waals surface area contributed by atoms with Crippen LogP contribution >= 0.6 is 11.6 Å². The van der Waals surface area contributed by atoms with E-state index in [4.69, 9.17) is 31.3 Å². The summed E-state index contributed by atoms with van der Waals surface area (Å²) in [4.78, 5) is 0. The Morgan fingerprint density at radius 1 is 1.17 bits per heavy atom. The van der Waals surface area contributed by atoms with Gasteiger partial charge in [0, 0.05) is 0 Å². The van der Waals surface area contributed by atoms with Gasteiger partial charge in [0.1, 0.15) is 0 Å². The maximum Gasteiger partial charge on any atom is 0.0908 e. The van der Waals surface area contributed by atoms with Crippen LogP contribution in [0.1, 0.15) is 0 Å². The van der Waals surface area contributed by atoms with Crippen LogP contribution in [0.25, 0.3) is 0 Å². The molecule has 0 amide bonds. The van der Waals surface area contributed by atoms with Crippen LogP contribution in [0.4, 0.5) is 0 Å². The van der Waals surface area contributed by atoms with E-state index in [0.717, 1.165) is 0 Å². The number of hydrogen-bond donors (Lipinski definition) is 2. The van der Waals surface area contributed by atoms with Gasteiger partial charge >= 0.3 is 0 Å². The molecule has 0 aromatic heterocycles. The monoisotopic (exact) mass is 198 g/mol. The van der Waals surface area contributed by atoms with Crippen molar-refractivity contribution in [1.29, 1.82) is 0 Å². The van der Waals surface area contributed by atoms with Gasteiger partial charge in [0.05, 0.1) is 45.0 Å². The molecule has 0 aliphatic heterocycles. The average molecular weight is 199 g/mol. The van der Waals surface area contributed by atoms with Gasteiger partial charge in [-0.2, -0.15) is 0 Å². The molecule has 0 aliphatic carbocycles. The number of halogens is 1. The van der Waals surface area contributed by atoms with Crippen molar-refractivity contribution in [2.75, 3.05) is 38.9 Å². The molecule has 0 heterocycles. The lowest BCUT2D eigenvalue weighted by molar-refractivity contribution is 0.00375. The van der Waals surface area contributed by atoms with Crippen molar-refractivity contribution in [3.63, 3.8) is 0 Å². The van der Waals surface area contributed by atoms with Crippen LogP contribution in [0.3, 0.4) is 0 Å². The lowest BCUT2D eigenvalue weighted by Crippen LogP contribution is -2.18. The first-order chi connectivity index (χ1) is 5.81. The molecule has 74 valence electrons. The van der Waals surface area contributed by atoms with Crippen molar-refractivity contribution >= 4 is 11.6 Å². The fraction of sp³-hybridized carbons (Fsp3) is 1.00. The van der Waals surface area contributed by atoms with E-state index in [0.29, 0.717) is 19.8 Å². The van der Waals surface area contributed by atoms with Crippen molar-refractivity contribution in [1.82, 2.24) is 0 Å². The highest BCUT2D eigenvalue weighted by molar-refractivity contribution is 6.18. The predicted octanol–water partition coefficient (Wildman–Crippen LogP) is -0.388. The van der Waals surface area contributed by atoms with Gasteiger partial charge in [-0.05, 0) is 0 Å². The molecular formula is C7H15ClO4. The van der Waals surface area contributed by atoms with Crippen LogP contribution in [-0.4, -0.2) is 55.2 Å². The van der Waals surface area contributed by atoms with Gasteiger partial charge in [-0.1, -0.05) is 0 Å². The Kier molecular flexibility index (Phi) is 9.32. The molecule has 0 rings (SSSR count). The lowest BCUT2D eigenvalue weighted by Gasteiger charge is -2.07. The smallest absolute Gasteiger partial charge is 0.0908 e. The van der Waals surface area contributed by atoms with Crippen molar-refractivity contribution < 1.29 is 19.7 Å². The standard InChI is InChI=1S/C7H15ClO4/c8-5-7(10)6-12-4-3-11-2-1-9/h7,9-10H,1-6H2. The van der Waals surface area contributed by atoms with E-state index >= 15 is 0 Å². The highest BCUT2D eigenvalue weighted by atomic mass is 35.5. The van der Waals surface area contributed by atoms with Crippen molar-refractivity contribution in [2.24, 2.45) is 0 Å². The lowest BCUT2D eigenvalue weighted by atomic mass is 10.4. The molecule has 0 radical (unpaired) electrons. The fourth-order valence-corrected chi connectivity index (χ4v) is 0.637. The summed E-state index contributed by atoms with van der Waals surface area (Å²) in [5.74, 6) is 0.178. The first kappa shape index (κ1) is 12.1. The summed E-state index contributed by atoms with van der Waals surface area (Å²) in [6, 6.07) is 0. The topological polar surface area (TPSA) is 58.9 Å². The molecule has 0 aliphatic rings. The summed E-state index contributed by atoms with van der Waals surface area (Å²) in [5, 5.41) is 17.2. The minimum absolute atomic E-state index is 0.0182. The van der Waals surface area contributed by atoms with Crippen molar-refractivity contribution in [2.45, 2.75) is 6.10 Å². The molecule has 12 heavy (non-hydrogen) atoms. The SMILES string of the molecule is OCCOCCOCC(O)CCl. The van der Waals surface area contributed by atoms with Gasteiger partial charge in [0.15, 0.2) is 0 Å². The maximum absolute atomic E-state index is 8.92. The summed E-state index contributed by atoms with van der Waals surface area (Å²) in [6.45, 7) is 1.40. The highest BCUT2D eigenvalue weighted by Crippen LogP contribution is 1.88. The number of ether oxygens (including phenoxy) is 2. The highest BCUT2D eigenvalue weighted by Gasteiger charge is 2.00. The Morgan fingerprint density at radius 3 is 2.42 bits per heavy atom. The summed E-state index contributed by atoms with van der Waals surface area (Å²) in [7, 11) is 0. The first-order valence-corrected chi connectivity index (χ1v) is 4.35. The zero-order chi connectivity index (χ0) is 9.23. The zero-order valence-electron chi connectivity index (χ0n) is 6.91. The van der Waals surface area contributed by atoms with E-state index in [1.165, 1.54) is 0 Å². The number of rotatable bonds is 8. The van der Waals surface area contributed by atoms with Gasteiger partial charge < -0.3 is 19.7 Å². The van der Waals surface area contributed by atoms with Gasteiger partial charge in [-0.25, -0.2) is 0 Å². The number of alkyl halides is 1. The predicted molar refractivity (Wildman–Crippen MR) is 45.5 cm³/mol. The zero-order valence-corrected chi connectivity index (χ0v) is 7.66. The van der Waals surface area contributed by atoms with Crippen molar-refractivity contribution in [3.05, 3.63) is 0 Å². The maximum atomic E-state index is 8.92. The molecule has 0 saturated heterocycles. The van der Waals surface area contributed by atoms with Gasteiger partial charge in [-0.3, -0.25) is 0 Å². The molecule has 1 unspecified atom stereocenters. The first-order valence-electron chi connectivity index (χ1n) is 3.81. The Bertz CT molecular complexity index is 91.5. The number of hydrogen-bond acceptors (Lipinski definition) is 4. The molecule has 0 aromatic carbocycles. The minimum atomic E-state index is -0.607. The second-order valence-corrected chi connectivity index (χ2v) is 2.53. The normalized spacial score (nSPS) is 13.2. The Hall–Kier alpha value is 0.130. The summed E-state index contributed by atoms with van der Waals surface area (Å²) in [6.07, 6.45) is -0.607. The molecule has 4 nitrogen and oxygen atoms in total. The van der Waals surface area contributed by atoms with E-state index in [1.54, 1.807) is 0 Å². The second-order valence-electron chi connectivity index (χ2n) is 2.22. The largest absolute Gasteiger partial charge is 0.394 e. The van der Waals surface area contributed by atoms with E-state index in [9.17, 15) is 0 Å². The third-order valence-corrected chi connectivity index (χ3v) is 1.45. The molecule has 0 saturated carbocycles. The number of aliphatic hydroxyl groups excluding tert-OH is 2. The molecular weight excluding hydrogens is 184 g/mol. The molecule has 0 fully saturated rings. The van der Waals surface area contributed by atoms with Gasteiger partial charge in [0.2, 0.25) is 0 Å². The quantitative estimate of drug-likeness (QED) is 0.412. The van der Waals surface area contributed by atoms with Crippen LogP contribution in [0.5, 0.6) is 0 Å². The van der Waals surface area contributed by atoms with Gasteiger partial charge in [-0.15, -0.1) is 11.6 Å². The van der Waals surface area contributed by atoms with Gasteiger partial charge in [0.25, 0.3) is 0 Å². The van der Waals surface area contributed by atoms with E-state index < -0.39 is 6.10 Å².